The summed E-state index contributed by atoms with van der Waals surface area (Å²) in [6, 6.07) is 9.95. The SMILES string of the molecule is CCCC(=O)Nc1cc(S(=O)(=O)Nc2cccc(Cl)c2)ccc1O. The van der Waals surface area contributed by atoms with Crippen molar-refractivity contribution < 1.29 is 18.3 Å². The number of rotatable bonds is 6. The number of hydrogen-bond donors (Lipinski definition) is 3. The summed E-state index contributed by atoms with van der Waals surface area (Å²) < 4.78 is 27.3. The maximum Gasteiger partial charge on any atom is 0.261 e. The maximum absolute atomic E-state index is 12.4. The lowest BCUT2D eigenvalue weighted by molar-refractivity contribution is -0.116. The van der Waals surface area contributed by atoms with E-state index in [9.17, 15) is 18.3 Å². The Morgan fingerprint density at radius 3 is 2.62 bits per heavy atom. The van der Waals surface area contributed by atoms with Crippen molar-refractivity contribution in [2.75, 3.05) is 10.0 Å². The van der Waals surface area contributed by atoms with Crippen molar-refractivity contribution in [1.29, 1.82) is 0 Å². The van der Waals surface area contributed by atoms with Gasteiger partial charge in [0.15, 0.2) is 0 Å². The van der Waals surface area contributed by atoms with Crippen molar-refractivity contribution in [3.05, 3.63) is 47.5 Å². The molecule has 8 heteroatoms. The number of carbonyl (C=O) groups excluding carboxylic acids is 1. The third kappa shape index (κ3) is 4.62. The predicted octanol–water partition coefficient (Wildman–Crippen LogP) is 3.59. The third-order valence-corrected chi connectivity index (χ3v) is 4.72. The molecule has 24 heavy (non-hydrogen) atoms. The Kier molecular flexibility index (Phi) is 5.69. The van der Waals surface area contributed by atoms with E-state index in [0.29, 0.717) is 17.1 Å². The molecule has 6 nitrogen and oxygen atoms in total. The van der Waals surface area contributed by atoms with E-state index in [-0.39, 0.29) is 28.7 Å². The van der Waals surface area contributed by atoms with Gasteiger partial charge in [0.25, 0.3) is 10.0 Å². The Balaban J connectivity index is 2.28. The van der Waals surface area contributed by atoms with Gasteiger partial charge in [-0.15, -0.1) is 0 Å². The van der Waals surface area contributed by atoms with Crippen LogP contribution in [-0.4, -0.2) is 19.4 Å². The predicted molar refractivity (Wildman–Crippen MR) is 93.9 cm³/mol. The second-order valence-electron chi connectivity index (χ2n) is 5.09. The van der Waals surface area contributed by atoms with Crippen LogP contribution in [0.3, 0.4) is 0 Å². The normalized spacial score (nSPS) is 11.1. The third-order valence-electron chi connectivity index (χ3n) is 3.11. The molecule has 0 saturated heterocycles. The van der Waals surface area contributed by atoms with Crippen LogP contribution in [0.1, 0.15) is 19.8 Å². The molecule has 0 atom stereocenters. The number of anilines is 2. The Labute approximate surface area is 145 Å². The van der Waals surface area contributed by atoms with E-state index >= 15 is 0 Å². The van der Waals surface area contributed by atoms with E-state index in [1.54, 1.807) is 18.2 Å². The molecular weight excluding hydrogens is 352 g/mol. The summed E-state index contributed by atoms with van der Waals surface area (Å²) in [5.41, 5.74) is 0.356. The number of phenolic OH excluding ortho intramolecular Hbond substituents is 1. The molecule has 0 radical (unpaired) electrons. The van der Waals surface area contributed by atoms with Crippen LogP contribution in [0, 0.1) is 0 Å². The standard InChI is InChI=1S/C16H17ClN2O4S/c1-2-4-16(21)18-14-10-13(7-8-15(14)20)24(22,23)19-12-6-3-5-11(17)9-12/h3,5-10,19-20H,2,4H2,1H3,(H,18,21). The van der Waals surface area contributed by atoms with Crippen LogP contribution < -0.4 is 10.0 Å². The van der Waals surface area contributed by atoms with Gasteiger partial charge in [0.2, 0.25) is 5.91 Å². The number of amides is 1. The first kappa shape index (κ1) is 18.1. The molecule has 0 heterocycles. The molecular formula is C16H17ClN2O4S. The zero-order valence-corrected chi connectivity index (χ0v) is 14.5. The van der Waals surface area contributed by atoms with Gasteiger partial charge in [0.1, 0.15) is 5.75 Å². The Morgan fingerprint density at radius 2 is 1.96 bits per heavy atom. The van der Waals surface area contributed by atoms with Gasteiger partial charge in [-0.2, -0.15) is 0 Å². The lowest BCUT2D eigenvalue weighted by Gasteiger charge is -2.11. The number of benzene rings is 2. The fourth-order valence-electron chi connectivity index (χ4n) is 1.99. The van der Waals surface area contributed by atoms with Crippen LogP contribution in [0.15, 0.2) is 47.4 Å². The van der Waals surface area contributed by atoms with Gasteiger partial charge < -0.3 is 10.4 Å². The maximum atomic E-state index is 12.4. The molecule has 3 N–H and O–H groups in total. The van der Waals surface area contributed by atoms with Crippen LogP contribution in [-0.2, 0) is 14.8 Å². The first-order valence-corrected chi connectivity index (χ1v) is 9.09. The fourth-order valence-corrected chi connectivity index (χ4v) is 3.25. The van der Waals surface area contributed by atoms with Gasteiger partial charge in [0, 0.05) is 11.4 Å². The molecule has 0 unspecified atom stereocenters. The van der Waals surface area contributed by atoms with E-state index in [2.05, 4.69) is 10.0 Å². The van der Waals surface area contributed by atoms with Crippen molar-refractivity contribution >= 4 is 38.9 Å². The largest absolute Gasteiger partial charge is 0.506 e. The molecule has 0 aliphatic carbocycles. The van der Waals surface area contributed by atoms with Crippen molar-refractivity contribution in [3.8, 4) is 5.75 Å². The van der Waals surface area contributed by atoms with Gasteiger partial charge in [-0.1, -0.05) is 24.6 Å². The number of halogens is 1. The molecule has 2 aromatic rings. The van der Waals surface area contributed by atoms with Crippen molar-refractivity contribution in [2.24, 2.45) is 0 Å². The van der Waals surface area contributed by atoms with E-state index in [4.69, 9.17) is 11.6 Å². The average Bonchev–Trinajstić information content (AvgIpc) is 2.49. The average molecular weight is 369 g/mol. The van der Waals surface area contributed by atoms with Gasteiger partial charge in [-0.3, -0.25) is 9.52 Å². The van der Waals surface area contributed by atoms with E-state index in [1.165, 1.54) is 24.3 Å². The molecule has 0 saturated carbocycles. The number of hydrogen-bond acceptors (Lipinski definition) is 4. The summed E-state index contributed by atoms with van der Waals surface area (Å²) in [5.74, 6) is -0.508. The zero-order chi connectivity index (χ0) is 17.7. The Morgan fingerprint density at radius 1 is 1.21 bits per heavy atom. The van der Waals surface area contributed by atoms with Gasteiger partial charge in [-0.05, 0) is 42.8 Å². The van der Waals surface area contributed by atoms with Crippen molar-refractivity contribution in [1.82, 2.24) is 0 Å². The highest BCUT2D eigenvalue weighted by Crippen LogP contribution is 2.28. The molecule has 0 fully saturated rings. The van der Waals surface area contributed by atoms with Crippen molar-refractivity contribution in [2.45, 2.75) is 24.7 Å². The van der Waals surface area contributed by atoms with Crippen molar-refractivity contribution in [3.63, 3.8) is 0 Å². The minimum Gasteiger partial charge on any atom is -0.506 e. The minimum atomic E-state index is -3.89. The molecule has 0 spiro atoms. The summed E-state index contributed by atoms with van der Waals surface area (Å²) >= 11 is 5.84. The molecule has 128 valence electrons. The van der Waals surface area contributed by atoms with Gasteiger partial charge in [0.05, 0.1) is 16.3 Å². The van der Waals surface area contributed by atoms with Crippen LogP contribution >= 0.6 is 11.6 Å². The number of sulfonamides is 1. The van der Waals surface area contributed by atoms with Crippen LogP contribution in [0.5, 0.6) is 5.75 Å². The lowest BCUT2D eigenvalue weighted by atomic mass is 10.2. The molecule has 1 amide bonds. The fraction of sp³-hybridized carbons (Fsp3) is 0.188. The van der Waals surface area contributed by atoms with E-state index in [0.717, 1.165) is 0 Å². The summed E-state index contributed by atoms with van der Waals surface area (Å²) in [6.07, 6.45) is 0.915. The van der Waals surface area contributed by atoms with E-state index in [1.807, 2.05) is 6.92 Å². The van der Waals surface area contributed by atoms with E-state index < -0.39 is 10.0 Å². The highest BCUT2D eigenvalue weighted by atomic mass is 35.5. The number of aromatic hydroxyl groups is 1. The number of nitrogens with one attached hydrogen (secondary N) is 2. The summed E-state index contributed by atoms with van der Waals surface area (Å²) in [5, 5.41) is 12.7. The molecule has 0 aliphatic heterocycles. The molecule has 2 aromatic carbocycles. The summed E-state index contributed by atoms with van der Waals surface area (Å²) in [7, 11) is -3.89. The Hall–Kier alpha value is -2.25. The second kappa shape index (κ2) is 7.55. The smallest absolute Gasteiger partial charge is 0.261 e. The van der Waals surface area contributed by atoms with Crippen LogP contribution in [0.2, 0.25) is 5.02 Å². The first-order valence-electron chi connectivity index (χ1n) is 7.23. The topological polar surface area (TPSA) is 95.5 Å². The molecule has 0 aromatic heterocycles. The monoisotopic (exact) mass is 368 g/mol. The quantitative estimate of drug-likeness (QED) is 0.679. The highest BCUT2D eigenvalue weighted by molar-refractivity contribution is 7.92. The van der Waals surface area contributed by atoms with Crippen LogP contribution in [0.4, 0.5) is 11.4 Å². The molecule has 0 aliphatic rings. The Bertz CT molecular complexity index is 853. The first-order chi connectivity index (χ1) is 11.3. The van der Waals surface area contributed by atoms with Gasteiger partial charge >= 0.3 is 0 Å². The van der Waals surface area contributed by atoms with Crippen LogP contribution in [0.25, 0.3) is 0 Å². The highest BCUT2D eigenvalue weighted by Gasteiger charge is 2.17. The summed E-state index contributed by atoms with van der Waals surface area (Å²) in [4.78, 5) is 11.6. The van der Waals surface area contributed by atoms with Gasteiger partial charge in [-0.25, -0.2) is 8.42 Å². The zero-order valence-electron chi connectivity index (χ0n) is 12.9. The molecule has 2 rings (SSSR count). The number of phenols is 1. The lowest BCUT2D eigenvalue weighted by Crippen LogP contribution is -2.15. The number of carbonyl (C=O) groups is 1. The summed E-state index contributed by atoms with van der Waals surface area (Å²) in [6.45, 7) is 1.84. The second-order valence-corrected chi connectivity index (χ2v) is 7.21. The minimum absolute atomic E-state index is 0.0439. The molecule has 0 bridgehead atoms.